The fourth-order valence-electron chi connectivity index (χ4n) is 2.81. The third-order valence-corrected chi connectivity index (χ3v) is 3.93. The van der Waals surface area contributed by atoms with Crippen LogP contribution < -0.4 is 10.1 Å². The summed E-state index contributed by atoms with van der Waals surface area (Å²) in [5, 5.41) is 3.98. The van der Waals surface area contributed by atoms with Gasteiger partial charge >= 0.3 is 0 Å². The highest BCUT2D eigenvalue weighted by molar-refractivity contribution is 6.35. The van der Waals surface area contributed by atoms with Gasteiger partial charge in [0.2, 0.25) is 0 Å². The largest absolute Gasteiger partial charge is 0.497 e. The van der Waals surface area contributed by atoms with Crippen LogP contribution in [0.1, 0.15) is 11.1 Å². The van der Waals surface area contributed by atoms with Crippen molar-refractivity contribution in [3.05, 3.63) is 59.8 Å². The molecule has 1 aliphatic heterocycles. The van der Waals surface area contributed by atoms with Gasteiger partial charge in [-0.3, -0.25) is 4.79 Å². The standard InChI is InChI=1S/C18H14N2O2/c1-22-12-6-7-17-14(9-12)15(18(21)20-17)8-11-10-19-16-5-3-2-4-13(11)16/h2-10,19H,1H3,(H,20,21). The van der Waals surface area contributed by atoms with Gasteiger partial charge in [0.1, 0.15) is 5.75 Å². The summed E-state index contributed by atoms with van der Waals surface area (Å²) in [5.41, 5.74) is 4.39. The number of carbonyl (C=O) groups is 1. The lowest BCUT2D eigenvalue weighted by molar-refractivity contribution is -0.110. The van der Waals surface area contributed by atoms with Gasteiger partial charge in [0, 0.05) is 39.5 Å². The monoisotopic (exact) mass is 290 g/mol. The molecule has 108 valence electrons. The Morgan fingerprint density at radius 1 is 1.14 bits per heavy atom. The molecule has 0 bridgehead atoms. The summed E-state index contributed by atoms with van der Waals surface area (Å²) in [6.07, 6.45) is 3.84. The number of ether oxygens (including phenoxy) is 1. The van der Waals surface area contributed by atoms with E-state index in [9.17, 15) is 4.79 Å². The van der Waals surface area contributed by atoms with Crippen molar-refractivity contribution in [1.29, 1.82) is 0 Å². The van der Waals surface area contributed by atoms with Crippen molar-refractivity contribution in [2.75, 3.05) is 12.4 Å². The molecule has 4 heteroatoms. The molecule has 0 unspecified atom stereocenters. The zero-order chi connectivity index (χ0) is 15.1. The molecule has 0 saturated carbocycles. The molecule has 3 aromatic rings. The highest BCUT2D eigenvalue weighted by atomic mass is 16.5. The summed E-state index contributed by atoms with van der Waals surface area (Å²) < 4.78 is 5.26. The quantitative estimate of drug-likeness (QED) is 0.707. The molecule has 1 aliphatic rings. The van der Waals surface area contributed by atoms with Crippen LogP contribution in [0.2, 0.25) is 0 Å². The third-order valence-electron chi connectivity index (χ3n) is 3.93. The van der Waals surface area contributed by atoms with Gasteiger partial charge in [-0.05, 0) is 30.3 Å². The Hall–Kier alpha value is -3.01. The van der Waals surface area contributed by atoms with Crippen molar-refractivity contribution in [3.8, 4) is 5.75 Å². The van der Waals surface area contributed by atoms with Crippen LogP contribution in [-0.2, 0) is 4.79 Å². The number of hydrogen-bond donors (Lipinski definition) is 2. The van der Waals surface area contributed by atoms with E-state index in [-0.39, 0.29) is 5.91 Å². The highest BCUT2D eigenvalue weighted by Crippen LogP contribution is 2.36. The van der Waals surface area contributed by atoms with Crippen molar-refractivity contribution in [3.63, 3.8) is 0 Å². The lowest BCUT2D eigenvalue weighted by Crippen LogP contribution is -2.03. The average molecular weight is 290 g/mol. The predicted octanol–water partition coefficient (Wildman–Crippen LogP) is 3.67. The molecule has 22 heavy (non-hydrogen) atoms. The summed E-state index contributed by atoms with van der Waals surface area (Å²) in [6.45, 7) is 0. The van der Waals surface area contributed by atoms with Crippen molar-refractivity contribution in [1.82, 2.24) is 4.98 Å². The van der Waals surface area contributed by atoms with E-state index in [1.807, 2.05) is 54.7 Å². The molecule has 2 heterocycles. The molecule has 0 radical (unpaired) electrons. The number of amides is 1. The SMILES string of the molecule is COc1ccc2c(c1)C(=Cc1c[nH]c3ccccc13)C(=O)N2. The number of anilines is 1. The molecule has 0 fully saturated rings. The van der Waals surface area contributed by atoms with Crippen molar-refractivity contribution >= 4 is 34.1 Å². The molecule has 2 N–H and O–H groups in total. The van der Waals surface area contributed by atoms with Gasteiger partial charge in [-0.15, -0.1) is 0 Å². The minimum atomic E-state index is -0.0893. The third kappa shape index (κ3) is 1.89. The zero-order valence-electron chi connectivity index (χ0n) is 12.0. The summed E-state index contributed by atoms with van der Waals surface area (Å²) >= 11 is 0. The Labute approximate surface area is 127 Å². The minimum Gasteiger partial charge on any atom is -0.497 e. The Morgan fingerprint density at radius 2 is 2.00 bits per heavy atom. The van der Waals surface area contributed by atoms with Crippen LogP contribution in [0.5, 0.6) is 5.75 Å². The second-order valence-electron chi connectivity index (χ2n) is 5.21. The van der Waals surface area contributed by atoms with Crippen LogP contribution >= 0.6 is 0 Å². The van der Waals surface area contributed by atoms with E-state index < -0.39 is 0 Å². The zero-order valence-corrected chi connectivity index (χ0v) is 12.0. The van der Waals surface area contributed by atoms with Gasteiger partial charge in [0.05, 0.1) is 7.11 Å². The molecule has 1 aromatic heterocycles. The van der Waals surface area contributed by atoms with Crippen LogP contribution in [0, 0.1) is 0 Å². The number of hydrogen-bond acceptors (Lipinski definition) is 2. The number of rotatable bonds is 2. The Bertz CT molecular complexity index is 922. The topological polar surface area (TPSA) is 54.1 Å². The van der Waals surface area contributed by atoms with Gasteiger partial charge in [-0.1, -0.05) is 18.2 Å². The number of fused-ring (bicyclic) bond motifs is 2. The van der Waals surface area contributed by atoms with Crippen molar-refractivity contribution in [2.24, 2.45) is 0 Å². The summed E-state index contributed by atoms with van der Waals surface area (Å²) in [7, 11) is 1.62. The van der Waals surface area contributed by atoms with Crippen LogP contribution in [0.15, 0.2) is 48.7 Å². The summed E-state index contributed by atoms with van der Waals surface area (Å²) in [5.74, 6) is 0.647. The molecule has 0 saturated heterocycles. The number of methoxy groups -OCH3 is 1. The van der Waals surface area contributed by atoms with E-state index >= 15 is 0 Å². The molecule has 2 aromatic carbocycles. The molecule has 0 aliphatic carbocycles. The first-order valence-electron chi connectivity index (χ1n) is 7.04. The molecular formula is C18H14N2O2. The first-order valence-corrected chi connectivity index (χ1v) is 7.04. The van der Waals surface area contributed by atoms with Crippen molar-refractivity contribution in [2.45, 2.75) is 0 Å². The normalized spacial score (nSPS) is 15.1. The number of nitrogens with one attached hydrogen (secondary N) is 2. The number of aromatic nitrogens is 1. The molecular weight excluding hydrogens is 276 g/mol. The second kappa shape index (κ2) is 4.77. The minimum absolute atomic E-state index is 0.0893. The maximum Gasteiger partial charge on any atom is 0.256 e. The molecule has 0 spiro atoms. The first-order chi connectivity index (χ1) is 10.8. The Kier molecular flexibility index (Phi) is 2.76. The van der Waals surface area contributed by atoms with Crippen LogP contribution in [0.4, 0.5) is 5.69 Å². The summed E-state index contributed by atoms with van der Waals surface area (Å²) in [4.78, 5) is 15.5. The number of para-hydroxylation sites is 1. The van der Waals surface area contributed by atoms with E-state index in [0.29, 0.717) is 5.57 Å². The molecule has 4 rings (SSSR count). The fraction of sp³-hybridized carbons (Fsp3) is 0.0556. The number of carbonyl (C=O) groups excluding carboxylic acids is 1. The molecule has 0 atom stereocenters. The summed E-state index contributed by atoms with van der Waals surface area (Å²) in [6, 6.07) is 13.6. The smallest absolute Gasteiger partial charge is 0.256 e. The fourth-order valence-corrected chi connectivity index (χ4v) is 2.81. The van der Waals surface area contributed by atoms with Crippen LogP contribution in [0.25, 0.3) is 22.6 Å². The second-order valence-corrected chi connectivity index (χ2v) is 5.21. The lowest BCUT2D eigenvalue weighted by atomic mass is 10.0. The maximum absolute atomic E-state index is 12.3. The van der Waals surface area contributed by atoms with Crippen LogP contribution in [0.3, 0.4) is 0 Å². The van der Waals surface area contributed by atoms with Crippen molar-refractivity contribution < 1.29 is 9.53 Å². The Balaban J connectivity index is 1.88. The van der Waals surface area contributed by atoms with E-state index in [0.717, 1.165) is 33.5 Å². The van der Waals surface area contributed by atoms with Gasteiger partial charge in [0.25, 0.3) is 5.91 Å². The van der Waals surface area contributed by atoms with E-state index in [2.05, 4.69) is 10.3 Å². The van der Waals surface area contributed by atoms with Crippen LogP contribution in [-0.4, -0.2) is 18.0 Å². The average Bonchev–Trinajstić information content (AvgIpc) is 3.09. The number of aromatic amines is 1. The molecule has 4 nitrogen and oxygen atoms in total. The Morgan fingerprint density at radius 3 is 2.86 bits per heavy atom. The molecule has 1 amide bonds. The van der Waals surface area contributed by atoms with Gasteiger partial charge in [-0.2, -0.15) is 0 Å². The lowest BCUT2D eigenvalue weighted by Gasteiger charge is -2.03. The van der Waals surface area contributed by atoms with E-state index in [1.54, 1.807) is 7.11 Å². The van der Waals surface area contributed by atoms with E-state index in [4.69, 9.17) is 4.74 Å². The number of benzene rings is 2. The maximum atomic E-state index is 12.3. The first kappa shape index (κ1) is 12.7. The number of H-pyrrole nitrogens is 1. The van der Waals surface area contributed by atoms with Gasteiger partial charge in [-0.25, -0.2) is 0 Å². The van der Waals surface area contributed by atoms with Gasteiger partial charge < -0.3 is 15.0 Å². The highest BCUT2D eigenvalue weighted by Gasteiger charge is 2.24. The van der Waals surface area contributed by atoms with E-state index in [1.165, 1.54) is 0 Å². The van der Waals surface area contributed by atoms with Gasteiger partial charge in [0.15, 0.2) is 0 Å². The predicted molar refractivity (Wildman–Crippen MR) is 87.8 cm³/mol.